The Hall–Kier alpha value is -1.57. The number of anilines is 1. The van der Waals surface area contributed by atoms with Gasteiger partial charge in [-0.05, 0) is 24.7 Å². The minimum Gasteiger partial charge on any atom is -0.324 e. The van der Waals surface area contributed by atoms with E-state index in [-0.39, 0.29) is 12.5 Å². The second-order valence-corrected chi connectivity index (χ2v) is 3.57. The lowest BCUT2D eigenvalue weighted by atomic mass is 10.2. The van der Waals surface area contributed by atoms with Gasteiger partial charge in [0.1, 0.15) is 6.07 Å². The molecule has 0 atom stereocenters. The largest absolute Gasteiger partial charge is 0.324 e. The third-order valence-electron chi connectivity index (χ3n) is 1.91. The summed E-state index contributed by atoms with van der Waals surface area (Å²) in [5.41, 5.74) is 0.840. The number of likely N-dealkylation sites (N-methyl/N-ethyl adjacent to an activating group) is 1. The van der Waals surface area contributed by atoms with Crippen molar-refractivity contribution in [3.8, 4) is 6.07 Å². The molecular formula is C11H12ClN3O. The van der Waals surface area contributed by atoms with E-state index in [1.54, 1.807) is 18.2 Å². The van der Waals surface area contributed by atoms with E-state index in [0.717, 1.165) is 0 Å². The van der Waals surface area contributed by atoms with Gasteiger partial charge >= 0.3 is 0 Å². The first-order valence-electron chi connectivity index (χ1n) is 4.87. The van der Waals surface area contributed by atoms with Crippen molar-refractivity contribution in [3.63, 3.8) is 0 Å². The Morgan fingerprint density at radius 1 is 1.56 bits per heavy atom. The van der Waals surface area contributed by atoms with Crippen molar-refractivity contribution in [1.82, 2.24) is 5.32 Å². The number of rotatable bonds is 4. The fourth-order valence-corrected chi connectivity index (χ4v) is 1.32. The lowest BCUT2D eigenvalue weighted by Gasteiger charge is -2.07. The number of nitrogens with one attached hydrogen (secondary N) is 2. The third kappa shape index (κ3) is 3.54. The van der Waals surface area contributed by atoms with E-state index in [4.69, 9.17) is 16.9 Å². The van der Waals surface area contributed by atoms with Crippen molar-refractivity contribution in [2.75, 3.05) is 18.4 Å². The molecule has 0 aliphatic rings. The highest BCUT2D eigenvalue weighted by molar-refractivity contribution is 6.31. The zero-order valence-corrected chi connectivity index (χ0v) is 9.64. The van der Waals surface area contributed by atoms with Crippen molar-refractivity contribution >= 4 is 23.2 Å². The van der Waals surface area contributed by atoms with Crippen LogP contribution in [0.25, 0.3) is 0 Å². The number of hydrogen-bond donors (Lipinski definition) is 2. The number of amides is 1. The molecular weight excluding hydrogens is 226 g/mol. The van der Waals surface area contributed by atoms with Gasteiger partial charge in [-0.15, -0.1) is 0 Å². The Bertz CT molecular complexity index is 426. The van der Waals surface area contributed by atoms with E-state index in [1.807, 2.05) is 13.0 Å². The number of benzene rings is 1. The van der Waals surface area contributed by atoms with E-state index < -0.39 is 0 Å². The fourth-order valence-electron chi connectivity index (χ4n) is 1.15. The zero-order valence-electron chi connectivity index (χ0n) is 8.88. The van der Waals surface area contributed by atoms with E-state index in [2.05, 4.69) is 10.6 Å². The molecule has 84 valence electrons. The first-order chi connectivity index (χ1) is 7.67. The number of hydrogen-bond acceptors (Lipinski definition) is 3. The summed E-state index contributed by atoms with van der Waals surface area (Å²) >= 11 is 5.79. The van der Waals surface area contributed by atoms with Gasteiger partial charge in [0.15, 0.2) is 0 Å². The molecule has 0 unspecified atom stereocenters. The molecule has 0 aliphatic heterocycles. The normalized spacial score (nSPS) is 9.56. The van der Waals surface area contributed by atoms with Crippen molar-refractivity contribution in [1.29, 1.82) is 5.26 Å². The monoisotopic (exact) mass is 237 g/mol. The maximum Gasteiger partial charge on any atom is 0.238 e. The van der Waals surface area contributed by atoms with Crippen LogP contribution in [0.1, 0.15) is 12.5 Å². The number of halogens is 1. The molecule has 0 spiro atoms. The Kier molecular flexibility index (Phi) is 4.77. The van der Waals surface area contributed by atoms with Gasteiger partial charge in [0.05, 0.1) is 17.8 Å². The zero-order chi connectivity index (χ0) is 12.0. The first-order valence-corrected chi connectivity index (χ1v) is 5.25. The predicted octanol–water partition coefficient (Wildman–Crippen LogP) is 1.76. The Morgan fingerprint density at radius 3 is 2.94 bits per heavy atom. The smallest absolute Gasteiger partial charge is 0.238 e. The Balaban J connectivity index is 2.76. The van der Waals surface area contributed by atoms with Crippen LogP contribution in [0.3, 0.4) is 0 Å². The lowest BCUT2D eigenvalue weighted by molar-refractivity contribution is -0.115. The quantitative estimate of drug-likeness (QED) is 0.839. The van der Waals surface area contributed by atoms with Crippen LogP contribution in [0.2, 0.25) is 5.02 Å². The summed E-state index contributed by atoms with van der Waals surface area (Å²) in [6.45, 7) is 2.84. The Labute approximate surface area is 99.2 Å². The van der Waals surface area contributed by atoms with Crippen LogP contribution in [0, 0.1) is 11.3 Å². The summed E-state index contributed by atoms with van der Waals surface area (Å²) in [4.78, 5) is 11.4. The molecule has 0 radical (unpaired) electrons. The molecule has 1 aromatic rings. The van der Waals surface area contributed by atoms with Gasteiger partial charge in [-0.2, -0.15) is 5.26 Å². The molecule has 0 bridgehead atoms. The van der Waals surface area contributed by atoms with Crippen molar-refractivity contribution in [2.24, 2.45) is 0 Å². The molecule has 1 rings (SSSR count). The Morgan fingerprint density at radius 2 is 2.31 bits per heavy atom. The summed E-state index contributed by atoms with van der Waals surface area (Å²) in [5, 5.41) is 14.8. The molecule has 0 aliphatic carbocycles. The molecule has 1 amide bonds. The van der Waals surface area contributed by atoms with Gasteiger partial charge in [-0.3, -0.25) is 4.79 Å². The molecule has 4 nitrogen and oxygen atoms in total. The molecule has 0 aromatic heterocycles. The van der Waals surface area contributed by atoms with E-state index in [1.165, 1.54) is 0 Å². The van der Waals surface area contributed by atoms with Crippen LogP contribution in [0.5, 0.6) is 0 Å². The van der Waals surface area contributed by atoms with E-state index in [0.29, 0.717) is 22.8 Å². The summed E-state index contributed by atoms with van der Waals surface area (Å²) < 4.78 is 0. The summed E-state index contributed by atoms with van der Waals surface area (Å²) in [6, 6.07) is 6.74. The number of nitrogens with zero attached hydrogens (tertiary/aromatic N) is 1. The molecule has 0 heterocycles. The molecule has 2 N–H and O–H groups in total. The fraction of sp³-hybridized carbons (Fsp3) is 0.273. The molecule has 0 fully saturated rings. The van der Waals surface area contributed by atoms with Crippen LogP contribution < -0.4 is 10.6 Å². The minimum atomic E-state index is -0.194. The van der Waals surface area contributed by atoms with Gasteiger partial charge in [-0.25, -0.2) is 0 Å². The van der Waals surface area contributed by atoms with Gasteiger partial charge in [0, 0.05) is 5.02 Å². The summed E-state index contributed by atoms with van der Waals surface area (Å²) in [6.07, 6.45) is 0. The maximum atomic E-state index is 11.4. The summed E-state index contributed by atoms with van der Waals surface area (Å²) in [5.74, 6) is -0.194. The highest BCUT2D eigenvalue weighted by atomic mass is 35.5. The van der Waals surface area contributed by atoms with Crippen LogP contribution in [-0.4, -0.2) is 19.0 Å². The SMILES string of the molecule is CCNCC(=O)Nc1cc(Cl)ccc1C#N. The van der Waals surface area contributed by atoms with Gasteiger partial charge < -0.3 is 10.6 Å². The van der Waals surface area contributed by atoms with E-state index >= 15 is 0 Å². The van der Waals surface area contributed by atoms with Crippen LogP contribution in [-0.2, 0) is 4.79 Å². The lowest BCUT2D eigenvalue weighted by Crippen LogP contribution is -2.28. The number of nitriles is 1. The average Bonchev–Trinajstić information content (AvgIpc) is 2.27. The number of carbonyl (C=O) groups excluding carboxylic acids is 1. The molecule has 0 saturated heterocycles. The maximum absolute atomic E-state index is 11.4. The highest BCUT2D eigenvalue weighted by Crippen LogP contribution is 2.20. The minimum absolute atomic E-state index is 0.194. The first kappa shape index (κ1) is 12.5. The van der Waals surface area contributed by atoms with Crippen molar-refractivity contribution in [2.45, 2.75) is 6.92 Å². The number of carbonyl (C=O) groups is 1. The summed E-state index contributed by atoms with van der Waals surface area (Å²) in [7, 11) is 0. The molecule has 0 saturated carbocycles. The second kappa shape index (κ2) is 6.11. The van der Waals surface area contributed by atoms with Gasteiger partial charge in [0.2, 0.25) is 5.91 Å². The van der Waals surface area contributed by atoms with Crippen LogP contribution in [0.4, 0.5) is 5.69 Å². The van der Waals surface area contributed by atoms with Crippen LogP contribution in [0.15, 0.2) is 18.2 Å². The molecule has 5 heteroatoms. The van der Waals surface area contributed by atoms with Gasteiger partial charge in [0.25, 0.3) is 0 Å². The van der Waals surface area contributed by atoms with Gasteiger partial charge in [-0.1, -0.05) is 18.5 Å². The predicted molar refractivity (Wildman–Crippen MR) is 63.3 cm³/mol. The highest BCUT2D eigenvalue weighted by Gasteiger charge is 2.06. The standard InChI is InChI=1S/C11H12ClN3O/c1-2-14-7-11(16)15-10-5-9(12)4-3-8(10)6-13/h3-5,14H,2,7H2,1H3,(H,15,16). The topological polar surface area (TPSA) is 64.9 Å². The average molecular weight is 238 g/mol. The molecule has 1 aromatic carbocycles. The van der Waals surface area contributed by atoms with Crippen molar-refractivity contribution in [3.05, 3.63) is 28.8 Å². The third-order valence-corrected chi connectivity index (χ3v) is 2.15. The van der Waals surface area contributed by atoms with E-state index in [9.17, 15) is 4.79 Å². The molecule has 16 heavy (non-hydrogen) atoms. The second-order valence-electron chi connectivity index (χ2n) is 3.13. The van der Waals surface area contributed by atoms with Crippen LogP contribution >= 0.6 is 11.6 Å². The van der Waals surface area contributed by atoms with Crippen molar-refractivity contribution < 1.29 is 4.79 Å².